The topological polar surface area (TPSA) is 74.6 Å². The fourth-order valence-corrected chi connectivity index (χ4v) is 4.70. The smallest absolute Gasteiger partial charge is 0.341 e. The van der Waals surface area contributed by atoms with Gasteiger partial charge in [-0.15, -0.1) is 0 Å². The highest BCUT2D eigenvalue weighted by atomic mass is 35.5. The molecule has 2 heterocycles. The maximum Gasteiger partial charge on any atom is 0.341 e. The van der Waals surface area contributed by atoms with Gasteiger partial charge in [0.15, 0.2) is 5.82 Å². The number of nitrogens with zero attached hydrogens (tertiary/aromatic N) is 2. The van der Waals surface area contributed by atoms with E-state index in [0.717, 1.165) is 18.4 Å². The first-order chi connectivity index (χ1) is 15.3. The van der Waals surface area contributed by atoms with E-state index in [-0.39, 0.29) is 39.5 Å². The number of anilines is 1. The average molecular weight is 460 g/mol. The van der Waals surface area contributed by atoms with E-state index in [1.807, 2.05) is 4.90 Å². The number of carbonyl (C=O) groups is 1. The van der Waals surface area contributed by atoms with Crippen molar-refractivity contribution in [2.24, 2.45) is 0 Å². The molecule has 32 heavy (non-hydrogen) atoms. The molecule has 0 radical (unpaired) electrons. The van der Waals surface area contributed by atoms with Crippen molar-refractivity contribution in [3.05, 3.63) is 74.5 Å². The Balaban J connectivity index is 1.62. The van der Waals surface area contributed by atoms with Crippen molar-refractivity contribution in [2.75, 3.05) is 24.5 Å². The Bertz CT molecular complexity index is 1290. The Hall–Kier alpha value is -2.97. The predicted octanol–water partition coefficient (Wildman–Crippen LogP) is 4.12. The minimum absolute atomic E-state index is 0.0340. The van der Waals surface area contributed by atoms with Gasteiger partial charge in [0.2, 0.25) is 5.43 Å². The van der Waals surface area contributed by atoms with Crippen LogP contribution in [0.1, 0.15) is 40.8 Å². The summed E-state index contributed by atoms with van der Waals surface area (Å²) in [6.07, 6.45) is 2.81. The van der Waals surface area contributed by atoms with Crippen LogP contribution in [-0.4, -0.2) is 35.3 Å². The van der Waals surface area contributed by atoms with Gasteiger partial charge in [-0.3, -0.25) is 4.79 Å². The molecule has 1 aliphatic heterocycles. The van der Waals surface area contributed by atoms with E-state index in [1.165, 1.54) is 24.4 Å². The number of carboxylic acids is 1. The highest BCUT2D eigenvalue weighted by Crippen LogP contribution is 2.41. The monoisotopic (exact) mass is 459 g/mol. The molecule has 166 valence electrons. The summed E-state index contributed by atoms with van der Waals surface area (Å²) < 4.78 is 30.8. The second-order valence-corrected chi connectivity index (χ2v) is 8.64. The third-order valence-electron chi connectivity index (χ3n) is 6.12. The largest absolute Gasteiger partial charge is 0.477 e. The van der Waals surface area contributed by atoms with Crippen molar-refractivity contribution in [3.63, 3.8) is 0 Å². The van der Waals surface area contributed by atoms with Crippen LogP contribution in [0.15, 0.2) is 41.3 Å². The molecule has 1 atom stereocenters. The number of halogens is 3. The van der Waals surface area contributed by atoms with Crippen LogP contribution in [0, 0.1) is 11.6 Å². The van der Waals surface area contributed by atoms with Crippen LogP contribution in [0.3, 0.4) is 0 Å². The third-order valence-corrected chi connectivity index (χ3v) is 6.41. The number of piperazine rings is 1. The van der Waals surface area contributed by atoms with Crippen molar-refractivity contribution in [1.29, 1.82) is 0 Å². The lowest BCUT2D eigenvalue weighted by Gasteiger charge is -2.36. The molecule has 0 spiro atoms. The lowest BCUT2D eigenvalue weighted by molar-refractivity contribution is 0.0695. The van der Waals surface area contributed by atoms with E-state index in [9.17, 15) is 19.1 Å². The van der Waals surface area contributed by atoms with Crippen LogP contribution in [0.4, 0.5) is 14.5 Å². The molecule has 0 amide bonds. The van der Waals surface area contributed by atoms with Gasteiger partial charge in [0.1, 0.15) is 11.4 Å². The standard InChI is InChI=1S/C23H20ClF2N3O3/c24-17-9-15-20(29(14-5-6-14)10-16(22(15)30)23(31)32)19(26)21(17)28-8-7-27-18(11-28)12-1-3-13(25)4-2-12/h1-4,9-10,14,18,27H,5-8,11H2,(H,31,32). The summed E-state index contributed by atoms with van der Waals surface area (Å²) >= 11 is 6.46. The van der Waals surface area contributed by atoms with Gasteiger partial charge >= 0.3 is 5.97 Å². The summed E-state index contributed by atoms with van der Waals surface area (Å²) in [4.78, 5) is 26.1. The summed E-state index contributed by atoms with van der Waals surface area (Å²) in [5.41, 5.74) is -0.00904. The summed E-state index contributed by atoms with van der Waals surface area (Å²) in [6.45, 7) is 1.44. The lowest BCUT2D eigenvalue weighted by atomic mass is 10.0. The number of pyridine rings is 1. The molecule has 9 heteroatoms. The molecule has 2 aliphatic rings. The molecule has 2 N–H and O–H groups in total. The van der Waals surface area contributed by atoms with Gasteiger partial charge < -0.3 is 19.9 Å². The molecule has 5 rings (SSSR count). The van der Waals surface area contributed by atoms with Gasteiger partial charge in [-0.2, -0.15) is 0 Å². The van der Waals surface area contributed by atoms with Gasteiger partial charge in [-0.1, -0.05) is 23.7 Å². The zero-order valence-corrected chi connectivity index (χ0v) is 17.7. The maximum atomic E-state index is 16.0. The fourth-order valence-electron chi connectivity index (χ4n) is 4.39. The first-order valence-electron chi connectivity index (χ1n) is 10.4. The summed E-state index contributed by atoms with van der Waals surface area (Å²) in [6, 6.07) is 7.31. The SMILES string of the molecule is O=C(O)c1cn(C2CC2)c2c(F)c(N3CCNC(c4ccc(F)cc4)C3)c(Cl)cc2c1=O. The van der Waals surface area contributed by atoms with E-state index in [1.54, 1.807) is 16.7 Å². The molecule has 6 nitrogen and oxygen atoms in total. The van der Waals surface area contributed by atoms with E-state index < -0.39 is 22.8 Å². The first-order valence-corrected chi connectivity index (χ1v) is 10.8. The molecule has 2 fully saturated rings. The van der Waals surface area contributed by atoms with Crippen molar-refractivity contribution >= 4 is 34.2 Å². The van der Waals surface area contributed by atoms with E-state index in [0.29, 0.717) is 19.6 Å². The molecule has 0 bridgehead atoms. The second-order valence-electron chi connectivity index (χ2n) is 8.24. The fraction of sp³-hybridized carbons (Fsp3) is 0.304. The number of aromatic nitrogens is 1. The molecule has 1 unspecified atom stereocenters. The molecule has 1 aromatic heterocycles. The Morgan fingerprint density at radius 3 is 2.56 bits per heavy atom. The number of nitrogens with one attached hydrogen (secondary N) is 1. The van der Waals surface area contributed by atoms with Crippen molar-refractivity contribution in [1.82, 2.24) is 9.88 Å². The number of hydrogen-bond acceptors (Lipinski definition) is 4. The van der Waals surface area contributed by atoms with Crippen LogP contribution < -0.4 is 15.6 Å². The number of fused-ring (bicyclic) bond motifs is 1. The minimum Gasteiger partial charge on any atom is -0.477 e. The number of hydrogen-bond donors (Lipinski definition) is 2. The van der Waals surface area contributed by atoms with Gasteiger partial charge in [0.25, 0.3) is 0 Å². The molecule has 1 aliphatic carbocycles. The van der Waals surface area contributed by atoms with E-state index >= 15 is 4.39 Å². The van der Waals surface area contributed by atoms with Crippen molar-refractivity contribution in [3.8, 4) is 0 Å². The van der Waals surface area contributed by atoms with Gasteiger partial charge in [-0.25, -0.2) is 13.6 Å². The molecule has 1 saturated heterocycles. The number of carboxylic acid groups (broad SMARTS) is 1. The van der Waals surface area contributed by atoms with Crippen molar-refractivity contribution < 1.29 is 18.7 Å². The van der Waals surface area contributed by atoms with E-state index in [2.05, 4.69) is 5.32 Å². The maximum absolute atomic E-state index is 16.0. The van der Waals surface area contributed by atoms with Gasteiger partial charge in [-0.05, 0) is 36.6 Å². The molecule has 3 aromatic rings. The van der Waals surface area contributed by atoms with Crippen LogP contribution in [0.25, 0.3) is 10.9 Å². The first kappa shape index (κ1) is 20.9. The third kappa shape index (κ3) is 3.53. The molecule has 1 saturated carbocycles. The zero-order chi connectivity index (χ0) is 22.6. The number of aromatic carboxylic acids is 1. The van der Waals surface area contributed by atoms with E-state index in [4.69, 9.17) is 11.6 Å². The highest BCUT2D eigenvalue weighted by Gasteiger charge is 2.32. The quantitative estimate of drug-likeness (QED) is 0.614. The molecular formula is C23H20ClF2N3O3. The summed E-state index contributed by atoms with van der Waals surface area (Å²) in [5.74, 6) is -2.31. The Morgan fingerprint density at radius 1 is 1.19 bits per heavy atom. The van der Waals surface area contributed by atoms with Gasteiger partial charge in [0.05, 0.1) is 21.6 Å². The lowest BCUT2D eigenvalue weighted by Crippen LogP contribution is -2.46. The summed E-state index contributed by atoms with van der Waals surface area (Å²) in [7, 11) is 0. The van der Waals surface area contributed by atoms with Gasteiger partial charge in [0, 0.05) is 37.9 Å². The Morgan fingerprint density at radius 2 is 1.91 bits per heavy atom. The number of benzene rings is 2. The van der Waals surface area contributed by atoms with Crippen LogP contribution in [0.5, 0.6) is 0 Å². The highest BCUT2D eigenvalue weighted by molar-refractivity contribution is 6.34. The van der Waals surface area contributed by atoms with Crippen LogP contribution in [-0.2, 0) is 0 Å². The van der Waals surface area contributed by atoms with Crippen LogP contribution >= 0.6 is 11.6 Å². The predicted molar refractivity (Wildman–Crippen MR) is 118 cm³/mol. The second kappa shape index (κ2) is 7.86. The van der Waals surface area contributed by atoms with Crippen LogP contribution in [0.2, 0.25) is 5.02 Å². The molecular weight excluding hydrogens is 440 g/mol. The molecule has 2 aromatic carbocycles. The Kier molecular flexibility index (Phi) is 5.14. The number of rotatable bonds is 4. The average Bonchev–Trinajstić information content (AvgIpc) is 3.60. The Labute approximate surface area is 187 Å². The normalized spacial score (nSPS) is 18.8. The van der Waals surface area contributed by atoms with Crippen molar-refractivity contribution in [2.45, 2.75) is 24.9 Å². The summed E-state index contributed by atoms with van der Waals surface area (Å²) in [5, 5.41) is 12.8. The zero-order valence-electron chi connectivity index (χ0n) is 16.9. The minimum atomic E-state index is -1.35.